The molecule has 3 heteroatoms. The van der Waals surface area contributed by atoms with Crippen LogP contribution in [-0.4, -0.2) is 33.4 Å². The predicted octanol–water partition coefficient (Wildman–Crippen LogP) is 7.00. The third kappa shape index (κ3) is 5.42. The number of rotatable bonds is 8. The molecule has 1 unspecified atom stereocenters. The van der Waals surface area contributed by atoms with E-state index in [2.05, 4.69) is 52.5 Å². The van der Waals surface area contributed by atoms with Crippen LogP contribution in [0.2, 0.25) is 0 Å². The summed E-state index contributed by atoms with van der Waals surface area (Å²) in [6.45, 7) is 13.3. The zero-order chi connectivity index (χ0) is 22.6. The Balaban J connectivity index is 1.68. The Kier molecular flexibility index (Phi) is 8.74. The lowest BCUT2D eigenvalue weighted by atomic mass is 9.64. The van der Waals surface area contributed by atoms with Gasteiger partial charge in [0, 0.05) is 11.0 Å². The molecule has 0 spiro atoms. The van der Waals surface area contributed by atoms with Gasteiger partial charge in [-0.2, -0.15) is 11.8 Å². The van der Waals surface area contributed by atoms with Gasteiger partial charge in [0.1, 0.15) is 0 Å². The van der Waals surface area contributed by atoms with E-state index in [1.807, 2.05) is 11.8 Å². The molecule has 2 nitrogen and oxygen atoms in total. The third-order valence-corrected chi connectivity index (χ3v) is 9.68. The first-order valence-corrected chi connectivity index (χ1v) is 13.6. The van der Waals surface area contributed by atoms with Crippen molar-refractivity contribution >= 4 is 11.8 Å². The van der Waals surface area contributed by atoms with E-state index < -0.39 is 0 Å². The normalized spacial score (nSPS) is 33.6. The SMILES string of the molecule is C=C1/C(=C\C=C2/CCC[C@]3(C)C([C@@H](C)SC[C@@H](O)C(CC)CC)=CCC23)CCC[C@@H]1O. The summed E-state index contributed by atoms with van der Waals surface area (Å²) in [5, 5.41) is 21.2. The fourth-order valence-corrected chi connectivity index (χ4v) is 7.52. The van der Waals surface area contributed by atoms with Crippen LogP contribution in [0.1, 0.15) is 85.5 Å². The van der Waals surface area contributed by atoms with Crippen molar-refractivity contribution in [3.8, 4) is 0 Å². The number of hydrogen-bond acceptors (Lipinski definition) is 3. The Morgan fingerprint density at radius 1 is 1.23 bits per heavy atom. The Morgan fingerprint density at radius 3 is 2.68 bits per heavy atom. The maximum absolute atomic E-state index is 10.6. The first-order valence-electron chi connectivity index (χ1n) is 12.6. The highest BCUT2D eigenvalue weighted by Gasteiger charge is 2.46. The summed E-state index contributed by atoms with van der Waals surface area (Å²) in [7, 11) is 0. The minimum absolute atomic E-state index is 0.194. The van der Waals surface area contributed by atoms with Gasteiger partial charge in [0.15, 0.2) is 0 Å². The molecule has 0 heterocycles. The molecular formula is C28H44O2S. The second-order valence-corrected chi connectivity index (χ2v) is 11.6. The Morgan fingerprint density at radius 2 is 1.97 bits per heavy atom. The van der Waals surface area contributed by atoms with Gasteiger partial charge in [0.05, 0.1) is 12.2 Å². The summed E-state index contributed by atoms with van der Waals surface area (Å²) in [5.74, 6) is 1.86. The summed E-state index contributed by atoms with van der Waals surface area (Å²) in [6, 6.07) is 0. The zero-order valence-electron chi connectivity index (χ0n) is 20.2. The highest BCUT2D eigenvalue weighted by molar-refractivity contribution is 8.00. The Hall–Kier alpha value is -0.770. The first kappa shape index (κ1) is 24.9. The van der Waals surface area contributed by atoms with Crippen LogP contribution in [0.25, 0.3) is 0 Å². The molecule has 0 aromatic rings. The van der Waals surface area contributed by atoms with E-state index in [1.54, 1.807) is 11.1 Å². The van der Waals surface area contributed by atoms with Crippen molar-refractivity contribution in [1.29, 1.82) is 0 Å². The monoisotopic (exact) mass is 444 g/mol. The lowest BCUT2D eigenvalue weighted by Gasteiger charge is -2.42. The van der Waals surface area contributed by atoms with Gasteiger partial charge in [-0.3, -0.25) is 0 Å². The van der Waals surface area contributed by atoms with Crippen molar-refractivity contribution in [1.82, 2.24) is 0 Å². The van der Waals surface area contributed by atoms with Crippen molar-refractivity contribution in [2.45, 2.75) is 103 Å². The molecule has 0 aromatic heterocycles. The molecule has 2 fully saturated rings. The molecule has 0 aliphatic heterocycles. The summed E-state index contributed by atoms with van der Waals surface area (Å²) in [5.41, 5.74) is 5.60. The third-order valence-electron chi connectivity index (χ3n) is 8.40. The molecule has 174 valence electrons. The van der Waals surface area contributed by atoms with Crippen molar-refractivity contribution in [2.24, 2.45) is 17.3 Å². The molecule has 0 saturated heterocycles. The number of aliphatic hydroxyl groups is 2. The van der Waals surface area contributed by atoms with Gasteiger partial charge >= 0.3 is 0 Å². The van der Waals surface area contributed by atoms with Gasteiger partial charge in [-0.1, -0.05) is 69.6 Å². The Labute approximate surface area is 195 Å². The Bertz CT molecular complexity index is 729. The molecule has 2 N–H and O–H groups in total. The fourth-order valence-electron chi connectivity index (χ4n) is 6.22. The number of hydrogen-bond donors (Lipinski definition) is 2. The summed E-state index contributed by atoms with van der Waals surface area (Å²) in [6.07, 6.45) is 16.5. The molecule has 0 aromatic carbocycles. The lowest BCUT2D eigenvalue weighted by molar-refractivity contribution is 0.125. The number of thioether (sulfide) groups is 1. The smallest absolute Gasteiger partial charge is 0.0787 e. The quantitative estimate of drug-likeness (QED) is 0.396. The number of allylic oxidation sites excluding steroid dienone is 4. The summed E-state index contributed by atoms with van der Waals surface area (Å²) in [4.78, 5) is 0. The summed E-state index contributed by atoms with van der Waals surface area (Å²) >= 11 is 1.94. The molecule has 5 atom stereocenters. The molecule has 3 aliphatic rings. The molecule has 0 amide bonds. The van der Waals surface area contributed by atoms with Crippen LogP contribution in [0.15, 0.2) is 47.1 Å². The van der Waals surface area contributed by atoms with Crippen LogP contribution < -0.4 is 0 Å². The van der Waals surface area contributed by atoms with E-state index in [0.717, 1.165) is 49.9 Å². The van der Waals surface area contributed by atoms with Crippen LogP contribution in [-0.2, 0) is 0 Å². The predicted molar refractivity (Wildman–Crippen MR) is 135 cm³/mol. The minimum atomic E-state index is -0.358. The molecule has 0 bridgehead atoms. The fraction of sp³-hybridized carbons (Fsp3) is 0.714. The first-order chi connectivity index (χ1) is 14.8. The highest BCUT2D eigenvalue weighted by atomic mass is 32.2. The van der Waals surface area contributed by atoms with Crippen molar-refractivity contribution in [3.05, 3.63) is 47.1 Å². The van der Waals surface area contributed by atoms with E-state index >= 15 is 0 Å². The molecule has 0 radical (unpaired) electrons. The number of aliphatic hydroxyl groups excluding tert-OH is 2. The maximum atomic E-state index is 10.6. The van der Waals surface area contributed by atoms with Gasteiger partial charge in [0.25, 0.3) is 0 Å². The molecule has 2 saturated carbocycles. The van der Waals surface area contributed by atoms with Crippen molar-refractivity contribution in [3.63, 3.8) is 0 Å². The largest absolute Gasteiger partial charge is 0.392 e. The molecule has 3 rings (SSSR count). The van der Waals surface area contributed by atoms with Crippen LogP contribution in [0.5, 0.6) is 0 Å². The maximum Gasteiger partial charge on any atom is 0.0787 e. The van der Waals surface area contributed by atoms with E-state index in [-0.39, 0.29) is 17.6 Å². The lowest BCUT2D eigenvalue weighted by Crippen LogP contribution is -2.33. The molecular weight excluding hydrogens is 400 g/mol. The summed E-state index contributed by atoms with van der Waals surface area (Å²) < 4.78 is 0. The van der Waals surface area contributed by atoms with E-state index in [4.69, 9.17) is 0 Å². The van der Waals surface area contributed by atoms with Crippen LogP contribution in [0, 0.1) is 17.3 Å². The van der Waals surface area contributed by atoms with Gasteiger partial charge in [0.2, 0.25) is 0 Å². The minimum Gasteiger partial charge on any atom is -0.392 e. The zero-order valence-corrected chi connectivity index (χ0v) is 21.0. The average molecular weight is 445 g/mol. The van der Waals surface area contributed by atoms with E-state index in [9.17, 15) is 10.2 Å². The average Bonchev–Trinajstić information content (AvgIpc) is 3.11. The highest BCUT2D eigenvalue weighted by Crippen LogP contribution is 2.56. The van der Waals surface area contributed by atoms with E-state index in [1.165, 1.54) is 24.8 Å². The molecule has 3 aliphatic carbocycles. The van der Waals surface area contributed by atoms with Gasteiger partial charge in [-0.25, -0.2) is 0 Å². The van der Waals surface area contributed by atoms with Gasteiger partial charge in [-0.05, 0) is 80.3 Å². The van der Waals surface area contributed by atoms with Crippen molar-refractivity contribution in [2.75, 3.05) is 5.75 Å². The van der Waals surface area contributed by atoms with Gasteiger partial charge < -0.3 is 10.2 Å². The standard InChI is InChI=1S/C28H44O2S/c1-6-21(7-2)27(30)18-31-20(4)24-15-16-25-23(11-9-17-28(24,25)5)14-13-22-10-8-12-26(29)19(22)3/h13-15,20-21,25-27,29-30H,3,6-12,16-18H2,1-2,4-5H3/b22-13-,23-14+/t20-,25?,26+,27-,28-/m1/s1. The number of fused-ring (bicyclic) bond motifs is 1. The van der Waals surface area contributed by atoms with Crippen LogP contribution in [0.4, 0.5) is 0 Å². The van der Waals surface area contributed by atoms with Gasteiger partial charge in [-0.15, -0.1) is 0 Å². The van der Waals surface area contributed by atoms with Crippen molar-refractivity contribution < 1.29 is 10.2 Å². The molecule has 31 heavy (non-hydrogen) atoms. The van der Waals surface area contributed by atoms with Crippen LogP contribution in [0.3, 0.4) is 0 Å². The second-order valence-electron chi connectivity index (χ2n) is 10.2. The second kappa shape index (κ2) is 10.9. The topological polar surface area (TPSA) is 40.5 Å². The van der Waals surface area contributed by atoms with Crippen LogP contribution >= 0.6 is 11.8 Å². The van der Waals surface area contributed by atoms with E-state index in [0.29, 0.717) is 17.1 Å².